The van der Waals surface area contributed by atoms with E-state index in [9.17, 15) is 4.79 Å². The van der Waals surface area contributed by atoms with E-state index < -0.39 is 0 Å². The lowest BCUT2D eigenvalue weighted by atomic mass is 10.2. The first-order chi connectivity index (χ1) is 6.79. The first-order valence-corrected chi connectivity index (χ1v) is 4.59. The summed E-state index contributed by atoms with van der Waals surface area (Å²) in [6.07, 6.45) is 0. The van der Waals surface area contributed by atoms with Crippen molar-refractivity contribution in [1.82, 2.24) is 0 Å². The summed E-state index contributed by atoms with van der Waals surface area (Å²) in [6.45, 7) is 4.52. The molecule has 1 aromatic carbocycles. The molecule has 0 bridgehead atoms. The topological polar surface area (TPSA) is 35.5 Å². The summed E-state index contributed by atoms with van der Waals surface area (Å²) in [7, 11) is 0. The number of carbonyl (C=O) groups excluding carboxylic acids is 1. The summed E-state index contributed by atoms with van der Waals surface area (Å²) < 4.78 is 10.2. The fourth-order valence-electron chi connectivity index (χ4n) is 1.07. The molecule has 0 unspecified atom stereocenters. The van der Waals surface area contributed by atoms with Gasteiger partial charge in [-0.3, -0.25) is 0 Å². The van der Waals surface area contributed by atoms with Crippen molar-refractivity contribution in [3.05, 3.63) is 29.8 Å². The van der Waals surface area contributed by atoms with E-state index in [1.54, 1.807) is 25.1 Å². The second-order valence-corrected chi connectivity index (χ2v) is 2.58. The minimum atomic E-state index is -0.357. The van der Waals surface area contributed by atoms with Crippen molar-refractivity contribution in [3.8, 4) is 5.75 Å². The van der Waals surface area contributed by atoms with Crippen LogP contribution in [0.2, 0.25) is 0 Å². The van der Waals surface area contributed by atoms with Crippen LogP contribution in [-0.4, -0.2) is 19.2 Å². The summed E-state index contributed by atoms with van der Waals surface area (Å²) in [6, 6.07) is 7.79. The second-order valence-electron chi connectivity index (χ2n) is 2.58. The van der Waals surface area contributed by atoms with Crippen molar-refractivity contribution < 1.29 is 14.3 Å². The van der Waals surface area contributed by atoms with E-state index in [-0.39, 0.29) is 5.97 Å². The standard InChI is InChI=1S/C11H13O3/c1-3-13-10-8-6-5-7-9(10)11(12)14-4-2/h5,7-8H,3-4H2,1-2H3. The van der Waals surface area contributed by atoms with Gasteiger partial charge in [0.25, 0.3) is 0 Å². The third-order valence-corrected chi connectivity index (χ3v) is 1.62. The van der Waals surface area contributed by atoms with E-state index in [0.29, 0.717) is 24.5 Å². The molecule has 0 saturated heterocycles. The molecule has 0 aliphatic heterocycles. The molecule has 0 spiro atoms. The Labute approximate surface area is 83.6 Å². The zero-order chi connectivity index (χ0) is 10.4. The number of rotatable bonds is 4. The van der Waals surface area contributed by atoms with Gasteiger partial charge in [-0.25, -0.2) is 4.79 Å². The van der Waals surface area contributed by atoms with Crippen LogP contribution >= 0.6 is 0 Å². The molecule has 3 nitrogen and oxygen atoms in total. The molecule has 75 valence electrons. The molecule has 0 heterocycles. The molecule has 0 atom stereocenters. The van der Waals surface area contributed by atoms with Crippen LogP contribution < -0.4 is 4.74 Å². The van der Waals surface area contributed by atoms with Gasteiger partial charge in [-0.2, -0.15) is 0 Å². The van der Waals surface area contributed by atoms with Crippen LogP contribution in [0, 0.1) is 6.07 Å². The fourth-order valence-corrected chi connectivity index (χ4v) is 1.07. The maximum atomic E-state index is 11.4. The van der Waals surface area contributed by atoms with Gasteiger partial charge in [0.15, 0.2) is 0 Å². The molecule has 0 N–H and O–H groups in total. The van der Waals surface area contributed by atoms with E-state index >= 15 is 0 Å². The fraction of sp³-hybridized carbons (Fsp3) is 0.364. The van der Waals surface area contributed by atoms with Gasteiger partial charge in [0.1, 0.15) is 11.3 Å². The van der Waals surface area contributed by atoms with Gasteiger partial charge in [-0.05, 0) is 32.0 Å². The van der Waals surface area contributed by atoms with Crippen molar-refractivity contribution >= 4 is 5.97 Å². The highest BCUT2D eigenvalue weighted by atomic mass is 16.5. The molecule has 1 radical (unpaired) electrons. The zero-order valence-electron chi connectivity index (χ0n) is 8.37. The first kappa shape index (κ1) is 10.6. The van der Waals surface area contributed by atoms with E-state index in [4.69, 9.17) is 9.47 Å². The summed E-state index contributed by atoms with van der Waals surface area (Å²) in [5, 5.41) is 0. The molecular weight excluding hydrogens is 180 g/mol. The lowest BCUT2D eigenvalue weighted by molar-refractivity contribution is 0.0522. The Bertz CT molecular complexity index is 307. The van der Waals surface area contributed by atoms with E-state index in [1.807, 2.05) is 6.92 Å². The number of benzene rings is 1. The molecule has 0 aliphatic carbocycles. The van der Waals surface area contributed by atoms with Crippen LogP contribution in [0.1, 0.15) is 24.2 Å². The molecule has 0 fully saturated rings. The maximum Gasteiger partial charge on any atom is 0.341 e. The average molecular weight is 193 g/mol. The Morgan fingerprint density at radius 2 is 2.21 bits per heavy atom. The Balaban J connectivity index is 2.88. The monoisotopic (exact) mass is 193 g/mol. The molecule has 3 heteroatoms. The van der Waals surface area contributed by atoms with Gasteiger partial charge in [-0.15, -0.1) is 0 Å². The normalized spacial score (nSPS) is 9.57. The minimum Gasteiger partial charge on any atom is -0.493 e. The van der Waals surface area contributed by atoms with Gasteiger partial charge in [-0.1, -0.05) is 6.07 Å². The highest BCUT2D eigenvalue weighted by molar-refractivity contribution is 5.92. The third-order valence-electron chi connectivity index (χ3n) is 1.62. The Morgan fingerprint density at radius 3 is 2.86 bits per heavy atom. The first-order valence-electron chi connectivity index (χ1n) is 4.59. The summed E-state index contributed by atoms with van der Waals surface area (Å²) in [5.74, 6) is 0.165. The van der Waals surface area contributed by atoms with Crippen molar-refractivity contribution in [2.75, 3.05) is 13.2 Å². The van der Waals surface area contributed by atoms with Crippen LogP contribution in [0.15, 0.2) is 18.2 Å². The molecule has 1 rings (SSSR count). The summed E-state index contributed by atoms with van der Waals surface area (Å²) in [4.78, 5) is 11.4. The predicted molar refractivity (Wildman–Crippen MR) is 52.4 cm³/mol. The Hall–Kier alpha value is -1.51. The highest BCUT2D eigenvalue weighted by Crippen LogP contribution is 2.18. The maximum absolute atomic E-state index is 11.4. The van der Waals surface area contributed by atoms with Crippen LogP contribution in [0.3, 0.4) is 0 Å². The van der Waals surface area contributed by atoms with Crippen LogP contribution in [0.25, 0.3) is 0 Å². The zero-order valence-corrected chi connectivity index (χ0v) is 8.37. The van der Waals surface area contributed by atoms with Crippen molar-refractivity contribution in [3.63, 3.8) is 0 Å². The van der Waals surface area contributed by atoms with Crippen LogP contribution in [0.4, 0.5) is 0 Å². The SMILES string of the molecule is CCOC(=O)c1cc[c]cc1OCC. The van der Waals surface area contributed by atoms with Gasteiger partial charge in [0.05, 0.1) is 13.2 Å². The number of ether oxygens (including phenoxy) is 2. The Morgan fingerprint density at radius 1 is 1.43 bits per heavy atom. The summed E-state index contributed by atoms with van der Waals surface area (Å²) in [5.41, 5.74) is 0.451. The Kier molecular flexibility index (Phi) is 3.98. The van der Waals surface area contributed by atoms with Crippen LogP contribution in [0.5, 0.6) is 5.75 Å². The third kappa shape index (κ3) is 2.49. The molecule has 0 aliphatic rings. The number of esters is 1. The van der Waals surface area contributed by atoms with Crippen molar-refractivity contribution in [2.45, 2.75) is 13.8 Å². The lowest BCUT2D eigenvalue weighted by Gasteiger charge is -2.08. The molecule has 1 aromatic rings. The van der Waals surface area contributed by atoms with Gasteiger partial charge in [0.2, 0.25) is 0 Å². The largest absolute Gasteiger partial charge is 0.493 e. The number of hydrogen-bond acceptors (Lipinski definition) is 3. The highest BCUT2D eigenvalue weighted by Gasteiger charge is 2.11. The minimum absolute atomic E-state index is 0.357. The number of carbonyl (C=O) groups is 1. The molecule has 0 aromatic heterocycles. The van der Waals surface area contributed by atoms with E-state index in [2.05, 4.69) is 6.07 Å². The predicted octanol–water partition coefficient (Wildman–Crippen LogP) is 2.06. The molecule has 0 saturated carbocycles. The lowest BCUT2D eigenvalue weighted by Crippen LogP contribution is -2.07. The molecule has 0 amide bonds. The smallest absolute Gasteiger partial charge is 0.341 e. The van der Waals surface area contributed by atoms with E-state index in [0.717, 1.165) is 0 Å². The molecule has 14 heavy (non-hydrogen) atoms. The molecular formula is C11H13O3. The quantitative estimate of drug-likeness (QED) is 0.686. The van der Waals surface area contributed by atoms with Crippen molar-refractivity contribution in [2.24, 2.45) is 0 Å². The average Bonchev–Trinajstić information content (AvgIpc) is 2.19. The van der Waals surface area contributed by atoms with E-state index in [1.165, 1.54) is 0 Å². The summed E-state index contributed by atoms with van der Waals surface area (Å²) >= 11 is 0. The van der Waals surface area contributed by atoms with Gasteiger partial charge in [0, 0.05) is 0 Å². The van der Waals surface area contributed by atoms with Gasteiger partial charge < -0.3 is 9.47 Å². The van der Waals surface area contributed by atoms with Crippen LogP contribution in [-0.2, 0) is 4.74 Å². The number of hydrogen-bond donors (Lipinski definition) is 0. The second kappa shape index (κ2) is 5.27. The van der Waals surface area contributed by atoms with Gasteiger partial charge >= 0.3 is 5.97 Å². The van der Waals surface area contributed by atoms with Crippen molar-refractivity contribution in [1.29, 1.82) is 0 Å².